The average Bonchev–Trinajstić information content (AvgIpc) is 2.67. The fourth-order valence-corrected chi connectivity index (χ4v) is 4.30. The highest BCUT2D eigenvalue weighted by molar-refractivity contribution is 7.89. The first-order valence-corrected chi connectivity index (χ1v) is 9.93. The molecule has 138 valence electrons. The Balaban J connectivity index is 1.54. The Bertz CT molecular complexity index is 860. The molecule has 2 aromatic carbocycles. The molecule has 0 atom stereocenters. The third kappa shape index (κ3) is 4.23. The third-order valence-electron chi connectivity index (χ3n) is 4.32. The summed E-state index contributed by atoms with van der Waals surface area (Å²) in [5, 5.41) is 0. The minimum atomic E-state index is -3.51. The molecule has 1 heterocycles. The Hall–Kier alpha value is -2.38. The highest BCUT2D eigenvalue weighted by Crippen LogP contribution is 2.17. The van der Waals surface area contributed by atoms with Gasteiger partial charge in [-0.3, -0.25) is 4.79 Å². The Kier molecular flexibility index (Phi) is 5.58. The first-order valence-electron chi connectivity index (χ1n) is 8.49. The van der Waals surface area contributed by atoms with Crippen LogP contribution in [0.5, 0.6) is 5.75 Å². The van der Waals surface area contributed by atoms with E-state index >= 15 is 0 Å². The van der Waals surface area contributed by atoms with Crippen molar-refractivity contribution in [3.05, 3.63) is 60.2 Å². The van der Waals surface area contributed by atoms with Gasteiger partial charge in [-0.25, -0.2) is 8.42 Å². The summed E-state index contributed by atoms with van der Waals surface area (Å²) in [4.78, 5) is 14.2. The minimum Gasteiger partial charge on any atom is -0.484 e. The summed E-state index contributed by atoms with van der Waals surface area (Å²) in [7, 11) is -3.51. The molecule has 2 aromatic rings. The molecule has 1 fully saturated rings. The SMILES string of the molecule is Cc1cccc(OCC(=O)N2CCN(S(=O)(=O)c3ccccc3)CC2)c1. The van der Waals surface area contributed by atoms with Crippen molar-refractivity contribution in [2.45, 2.75) is 11.8 Å². The lowest BCUT2D eigenvalue weighted by Gasteiger charge is -2.34. The third-order valence-corrected chi connectivity index (χ3v) is 6.24. The molecule has 0 unspecified atom stereocenters. The number of aryl methyl sites for hydroxylation is 1. The van der Waals surface area contributed by atoms with Crippen LogP contribution in [0.25, 0.3) is 0 Å². The van der Waals surface area contributed by atoms with E-state index in [4.69, 9.17) is 4.74 Å². The number of rotatable bonds is 5. The molecule has 0 bridgehead atoms. The largest absolute Gasteiger partial charge is 0.484 e. The highest BCUT2D eigenvalue weighted by Gasteiger charge is 2.30. The zero-order valence-electron chi connectivity index (χ0n) is 14.7. The van der Waals surface area contributed by atoms with Gasteiger partial charge in [-0.05, 0) is 36.8 Å². The summed E-state index contributed by atoms with van der Waals surface area (Å²) < 4.78 is 32.2. The van der Waals surface area contributed by atoms with Gasteiger partial charge in [-0.15, -0.1) is 0 Å². The van der Waals surface area contributed by atoms with Crippen LogP contribution in [0.4, 0.5) is 0 Å². The van der Waals surface area contributed by atoms with E-state index in [2.05, 4.69) is 0 Å². The molecule has 3 rings (SSSR count). The van der Waals surface area contributed by atoms with Crippen LogP contribution in [0, 0.1) is 6.92 Å². The van der Waals surface area contributed by atoms with Crippen LogP contribution in [-0.4, -0.2) is 56.3 Å². The summed E-state index contributed by atoms with van der Waals surface area (Å²) in [5.41, 5.74) is 1.06. The van der Waals surface area contributed by atoms with E-state index in [1.165, 1.54) is 4.31 Å². The summed E-state index contributed by atoms with van der Waals surface area (Å²) in [6.07, 6.45) is 0. The minimum absolute atomic E-state index is 0.0467. The normalized spacial score (nSPS) is 15.7. The number of carbonyl (C=O) groups is 1. The molecule has 7 heteroatoms. The van der Waals surface area contributed by atoms with Crippen LogP contribution in [0.2, 0.25) is 0 Å². The van der Waals surface area contributed by atoms with Crippen LogP contribution < -0.4 is 4.74 Å². The van der Waals surface area contributed by atoms with E-state index in [0.717, 1.165) is 5.56 Å². The van der Waals surface area contributed by atoms with E-state index in [1.807, 2.05) is 31.2 Å². The van der Waals surface area contributed by atoms with E-state index < -0.39 is 10.0 Å². The van der Waals surface area contributed by atoms with Crippen molar-refractivity contribution in [2.75, 3.05) is 32.8 Å². The molecule has 0 radical (unpaired) electrons. The van der Waals surface area contributed by atoms with Crippen LogP contribution in [0.3, 0.4) is 0 Å². The zero-order valence-corrected chi connectivity index (χ0v) is 15.5. The lowest BCUT2D eigenvalue weighted by Crippen LogP contribution is -2.51. The number of carbonyl (C=O) groups excluding carboxylic acids is 1. The summed E-state index contributed by atoms with van der Waals surface area (Å²) in [6, 6.07) is 15.9. The van der Waals surface area contributed by atoms with Crippen molar-refractivity contribution in [1.82, 2.24) is 9.21 Å². The van der Waals surface area contributed by atoms with Gasteiger partial charge in [0, 0.05) is 26.2 Å². The molecule has 6 nitrogen and oxygen atoms in total. The van der Waals surface area contributed by atoms with Crippen molar-refractivity contribution in [3.63, 3.8) is 0 Å². The molecule has 0 aliphatic carbocycles. The predicted octanol–water partition coefficient (Wildman–Crippen LogP) is 1.91. The van der Waals surface area contributed by atoms with E-state index in [0.29, 0.717) is 18.8 Å². The maximum Gasteiger partial charge on any atom is 0.260 e. The highest BCUT2D eigenvalue weighted by atomic mass is 32.2. The van der Waals surface area contributed by atoms with Crippen LogP contribution in [0.15, 0.2) is 59.5 Å². The van der Waals surface area contributed by atoms with Crippen LogP contribution in [-0.2, 0) is 14.8 Å². The lowest BCUT2D eigenvalue weighted by molar-refractivity contribution is -0.134. The first kappa shape index (κ1) is 18.4. The quantitative estimate of drug-likeness (QED) is 0.802. The van der Waals surface area contributed by atoms with Crippen molar-refractivity contribution in [3.8, 4) is 5.75 Å². The van der Waals surface area contributed by atoms with Gasteiger partial charge in [0.15, 0.2) is 6.61 Å². The van der Waals surface area contributed by atoms with Crippen LogP contribution in [0.1, 0.15) is 5.56 Å². The van der Waals surface area contributed by atoms with E-state index in [9.17, 15) is 13.2 Å². The molecule has 1 saturated heterocycles. The van der Waals surface area contributed by atoms with Gasteiger partial charge in [0.2, 0.25) is 10.0 Å². The Morgan fingerprint density at radius 3 is 2.35 bits per heavy atom. The topological polar surface area (TPSA) is 66.9 Å². The van der Waals surface area contributed by atoms with Crippen molar-refractivity contribution >= 4 is 15.9 Å². The molecule has 0 saturated carbocycles. The van der Waals surface area contributed by atoms with Gasteiger partial charge in [-0.1, -0.05) is 30.3 Å². The molecular formula is C19H22N2O4S. The Labute approximate surface area is 154 Å². The number of sulfonamides is 1. The molecule has 0 aromatic heterocycles. The van der Waals surface area contributed by atoms with E-state index in [1.54, 1.807) is 35.2 Å². The van der Waals surface area contributed by atoms with Gasteiger partial charge in [0.05, 0.1) is 4.90 Å². The molecule has 26 heavy (non-hydrogen) atoms. The maximum atomic E-state index is 12.6. The van der Waals surface area contributed by atoms with Gasteiger partial charge in [0.25, 0.3) is 5.91 Å². The summed E-state index contributed by atoms with van der Waals surface area (Å²) >= 11 is 0. The fraction of sp³-hybridized carbons (Fsp3) is 0.316. The molecule has 0 N–H and O–H groups in total. The first-order chi connectivity index (χ1) is 12.5. The van der Waals surface area contributed by atoms with Gasteiger partial charge in [0.1, 0.15) is 5.75 Å². The van der Waals surface area contributed by atoms with E-state index in [-0.39, 0.29) is 30.5 Å². The summed E-state index contributed by atoms with van der Waals surface area (Å²) in [5.74, 6) is 0.520. The summed E-state index contributed by atoms with van der Waals surface area (Å²) in [6.45, 7) is 3.21. The fourth-order valence-electron chi connectivity index (χ4n) is 2.86. The van der Waals surface area contributed by atoms with Crippen molar-refractivity contribution in [1.29, 1.82) is 0 Å². The maximum absolute atomic E-state index is 12.6. The second-order valence-corrected chi connectivity index (χ2v) is 8.14. The number of hydrogen-bond acceptors (Lipinski definition) is 4. The van der Waals surface area contributed by atoms with Crippen molar-refractivity contribution in [2.24, 2.45) is 0 Å². The lowest BCUT2D eigenvalue weighted by atomic mass is 10.2. The van der Waals surface area contributed by atoms with Crippen LogP contribution >= 0.6 is 0 Å². The Morgan fingerprint density at radius 2 is 1.69 bits per heavy atom. The average molecular weight is 374 g/mol. The second-order valence-electron chi connectivity index (χ2n) is 6.20. The predicted molar refractivity (Wildman–Crippen MR) is 98.5 cm³/mol. The molecule has 1 amide bonds. The molecule has 0 spiro atoms. The van der Waals surface area contributed by atoms with Gasteiger partial charge < -0.3 is 9.64 Å². The standard InChI is InChI=1S/C19H22N2O4S/c1-16-6-5-7-17(14-16)25-15-19(22)20-10-12-21(13-11-20)26(23,24)18-8-3-2-4-9-18/h2-9,14H,10-13,15H2,1H3. The van der Waals surface area contributed by atoms with Gasteiger partial charge >= 0.3 is 0 Å². The number of hydrogen-bond donors (Lipinski definition) is 0. The monoisotopic (exact) mass is 374 g/mol. The second kappa shape index (κ2) is 7.88. The number of benzene rings is 2. The molecular weight excluding hydrogens is 352 g/mol. The molecule has 1 aliphatic rings. The Morgan fingerprint density at radius 1 is 1.00 bits per heavy atom. The number of amides is 1. The van der Waals surface area contributed by atoms with Crippen molar-refractivity contribution < 1.29 is 17.9 Å². The van der Waals surface area contributed by atoms with Gasteiger partial charge in [-0.2, -0.15) is 4.31 Å². The smallest absolute Gasteiger partial charge is 0.260 e. The molecule has 1 aliphatic heterocycles. The number of ether oxygens (including phenoxy) is 1. The zero-order chi connectivity index (χ0) is 18.6. The number of piperazine rings is 1. The number of nitrogens with zero attached hydrogens (tertiary/aromatic N) is 2.